The molecule has 19 heavy (non-hydrogen) atoms. The largest absolute Gasteiger partial charge is 0.495 e. The molecule has 1 N–H and O–H groups in total. The summed E-state index contributed by atoms with van der Waals surface area (Å²) in [5.74, 6) is 0.411. The highest BCUT2D eigenvalue weighted by Gasteiger charge is 2.04. The lowest BCUT2D eigenvalue weighted by molar-refractivity contribution is 0.412. The topological polar surface area (TPSA) is 21.3 Å². The van der Waals surface area contributed by atoms with Gasteiger partial charge in [0.2, 0.25) is 0 Å². The molecule has 0 aliphatic rings. The Kier molecular flexibility index (Phi) is 4.66. The first kappa shape index (κ1) is 14.2. The van der Waals surface area contributed by atoms with Crippen molar-refractivity contribution in [3.63, 3.8) is 0 Å². The van der Waals surface area contributed by atoms with Gasteiger partial charge in [0.25, 0.3) is 0 Å². The second-order valence-corrected chi connectivity index (χ2v) is 5.20. The van der Waals surface area contributed by atoms with Crippen LogP contribution in [0, 0.1) is 5.82 Å². The first-order valence-corrected chi connectivity index (χ1v) is 6.78. The lowest BCUT2D eigenvalue weighted by Gasteiger charge is -2.10. The van der Waals surface area contributed by atoms with Crippen molar-refractivity contribution in [1.29, 1.82) is 0 Å². The number of nitrogens with one attached hydrogen (secondary N) is 1. The van der Waals surface area contributed by atoms with Crippen LogP contribution in [0.3, 0.4) is 0 Å². The molecule has 2 aromatic carbocycles. The number of ether oxygens (including phenoxy) is 1. The highest BCUT2D eigenvalue weighted by molar-refractivity contribution is 9.10. The predicted octanol–water partition coefficient (Wildman–Crippen LogP) is 4.86. The van der Waals surface area contributed by atoms with Crippen LogP contribution in [0.4, 0.5) is 10.1 Å². The van der Waals surface area contributed by atoms with E-state index < -0.39 is 0 Å². The third kappa shape index (κ3) is 3.61. The second-order valence-electron chi connectivity index (χ2n) is 3.94. The second kappa shape index (κ2) is 6.26. The zero-order chi connectivity index (χ0) is 13.8. The predicted molar refractivity (Wildman–Crippen MR) is 79.4 cm³/mol. The number of rotatable bonds is 4. The maximum absolute atomic E-state index is 12.9. The molecule has 0 heterocycles. The Morgan fingerprint density at radius 3 is 2.74 bits per heavy atom. The quantitative estimate of drug-likeness (QED) is 0.855. The molecule has 100 valence electrons. The Morgan fingerprint density at radius 2 is 2.05 bits per heavy atom. The van der Waals surface area contributed by atoms with E-state index in [-0.39, 0.29) is 5.82 Å². The van der Waals surface area contributed by atoms with Gasteiger partial charge in [-0.05, 0) is 45.8 Å². The van der Waals surface area contributed by atoms with Crippen LogP contribution in [-0.2, 0) is 6.54 Å². The van der Waals surface area contributed by atoms with E-state index in [2.05, 4.69) is 21.2 Å². The van der Waals surface area contributed by atoms with Crippen molar-refractivity contribution in [2.45, 2.75) is 6.54 Å². The lowest BCUT2D eigenvalue weighted by Crippen LogP contribution is -2.00. The zero-order valence-corrected chi connectivity index (χ0v) is 12.6. The fourth-order valence-corrected chi connectivity index (χ4v) is 2.27. The summed E-state index contributed by atoms with van der Waals surface area (Å²) in [6, 6.07) is 10.1. The van der Waals surface area contributed by atoms with Crippen LogP contribution >= 0.6 is 27.5 Å². The number of halogens is 3. The smallest absolute Gasteiger partial charge is 0.135 e. The van der Waals surface area contributed by atoms with Crippen molar-refractivity contribution in [2.24, 2.45) is 0 Å². The maximum Gasteiger partial charge on any atom is 0.135 e. The van der Waals surface area contributed by atoms with E-state index in [4.69, 9.17) is 16.3 Å². The van der Waals surface area contributed by atoms with Crippen molar-refractivity contribution >= 4 is 33.2 Å². The van der Waals surface area contributed by atoms with Crippen LogP contribution in [0.25, 0.3) is 0 Å². The number of anilines is 1. The van der Waals surface area contributed by atoms with Crippen molar-refractivity contribution in [2.75, 3.05) is 12.4 Å². The molecule has 0 aliphatic carbocycles. The van der Waals surface area contributed by atoms with Gasteiger partial charge in [-0.2, -0.15) is 0 Å². The Labute approximate surface area is 124 Å². The molecule has 0 saturated heterocycles. The Morgan fingerprint density at radius 1 is 1.26 bits per heavy atom. The molecule has 0 aromatic heterocycles. The minimum Gasteiger partial charge on any atom is -0.495 e. The molecule has 0 radical (unpaired) electrons. The van der Waals surface area contributed by atoms with E-state index in [1.54, 1.807) is 13.2 Å². The van der Waals surface area contributed by atoms with Gasteiger partial charge in [-0.3, -0.25) is 0 Å². The standard InChI is InChI=1S/C14H12BrClFNO/c1-19-14-7-11(4-5-12(14)15)18-8-9-2-3-10(17)6-13(9)16/h2-7,18H,8H2,1H3. The van der Waals surface area contributed by atoms with Gasteiger partial charge in [-0.15, -0.1) is 0 Å². The molecule has 5 heteroatoms. The molecule has 0 spiro atoms. The van der Waals surface area contributed by atoms with E-state index >= 15 is 0 Å². The zero-order valence-electron chi connectivity index (χ0n) is 10.2. The van der Waals surface area contributed by atoms with Crippen molar-refractivity contribution in [3.8, 4) is 5.75 Å². The third-order valence-corrected chi connectivity index (χ3v) is 3.66. The molecule has 0 unspecified atom stereocenters. The molecule has 2 nitrogen and oxygen atoms in total. The number of hydrogen-bond donors (Lipinski definition) is 1. The monoisotopic (exact) mass is 343 g/mol. The minimum atomic E-state index is -0.334. The maximum atomic E-state index is 12.9. The number of benzene rings is 2. The van der Waals surface area contributed by atoms with Crippen molar-refractivity contribution in [3.05, 3.63) is 57.3 Å². The summed E-state index contributed by atoms with van der Waals surface area (Å²) in [5, 5.41) is 3.63. The van der Waals surface area contributed by atoms with Gasteiger partial charge in [0.15, 0.2) is 0 Å². The normalized spacial score (nSPS) is 10.3. The first-order valence-electron chi connectivity index (χ1n) is 5.61. The minimum absolute atomic E-state index is 0.334. The van der Waals surface area contributed by atoms with Crippen molar-refractivity contribution < 1.29 is 9.13 Å². The summed E-state index contributed by atoms with van der Waals surface area (Å²) in [6.45, 7) is 0.518. The molecule has 0 bridgehead atoms. The highest BCUT2D eigenvalue weighted by Crippen LogP contribution is 2.28. The lowest BCUT2D eigenvalue weighted by atomic mass is 10.2. The van der Waals surface area contributed by atoms with Gasteiger partial charge >= 0.3 is 0 Å². The summed E-state index contributed by atoms with van der Waals surface area (Å²) in [6.07, 6.45) is 0. The van der Waals surface area contributed by atoms with Gasteiger partial charge in [-0.25, -0.2) is 4.39 Å². The third-order valence-electron chi connectivity index (χ3n) is 2.65. The van der Waals surface area contributed by atoms with Gasteiger partial charge in [0.05, 0.1) is 11.6 Å². The highest BCUT2D eigenvalue weighted by atomic mass is 79.9. The average Bonchev–Trinajstić information content (AvgIpc) is 2.39. The molecule has 0 aliphatic heterocycles. The summed E-state index contributed by atoms with van der Waals surface area (Å²) < 4.78 is 19.0. The van der Waals surface area contributed by atoms with E-state index in [0.717, 1.165) is 21.5 Å². The van der Waals surface area contributed by atoms with Crippen LogP contribution in [0.1, 0.15) is 5.56 Å². The van der Waals surface area contributed by atoms with E-state index in [9.17, 15) is 4.39 Å². The van der Waals surface area contributed by atoms with Crippen LogP contribution in [-0.4, -0.2) is 7.11 Å². The molecular weight excluding hydrogens is 333 g/mol. The first-order chi connectivity index (χ1) is 9.10. The Hall–Kier alpha value is -1.26. The van der Waals surface area contributed by atoms with Gasteiger partial charge in [0, 0.05) is 23.3 Å². The molecule has 2 rings (SSSR count). The van der Waals surface area contributed by atoms with Gasteiger partial charge in [0.1, 0.15) is 11.6 Å². The molecule has 0 saturated carbocycles. The van der Waals surface area contributed by atoms with E-state index in [1.165, 1.54) is 12.1 Å². The molecule has 0 fully saturated rings. The van der Waals surface area contributed by atoms with Crippen molar-refractivity contribution in [1.82, 2.24) is 0 Å². The van der Waals surface area contributed by atoms with E-state index in [0.29, 0.717) is 11.6 Å². The summed E-state index contributed by atoms with van der Waals surface area (Å²) in [5.41, 5.74) is 1.74. The Balaban J connectivity index is 2.10. The van der Waals surface area contributed by atoms with Gasteiger partial charge in [-0.1, -0.05) is 17.7 Å². The summed E-state index contributed by atoms with van der Waals surface area (Å²) in [4.78, 5) is 0. The SMILES string of the molecule is COc1cc(NCc2ccc(F)cc2Cl)ccc1Br. The van der Waals surface area contributed by atoms with Crippen LogP contribution < -0.4 is 10.1 Å². The molecule has 0 atom stereocenters. The fraction of sp³-hybridized carbons (Fsp3) is 0.143. The average molecular weight is 345 g/mol. The van der Waals surface area contributed by atoms with Crippen LogP contribution in [0.15, 0.2) is 40.9 Å². The number of hydrogen-bond acceptors (Lipinski definition) is 2. The molecule has 0 amide bonds. The summed E-state index contributed by atoms with van der Waals surface area (Å²) in [7, 11) is 1.61. The number of methoxy groups -OCH3 is 1. The van der Waals surface area contributed by atoms with Gasteiger partial charge < -0.3 is 10.1 Å². The Bertz CT molecular complexity index is 592. The van der Waals surface area contributed by atoms with E-state index in [1.807, 2.05) is 18.2 Å². The van der Waals surface area contributed by atoms with Crippen LogP contribution in [0.2, 0.25) is 5.02 Å². The van der Waals surface area contributed by atoms with Crippen LogP contribution in [0.5, 0.6) is 5.75 Å². The molecule has 2 aromatic rings. The molecular formula is C14H12BrClFNO. The fourth-order valence-electron chi connectivity index (χ4n) is 1.63. The summed E-state index contributed by atoms with van der Waals surface area (Å²) >= 11 is 9.36.